The summed E-state index contributed by atoms with van der Waals surface area (Å²) in [6, 6.07) is -0.627. The number of nitrogens with one attached hydrogen (secondary N) is 2. The fourth-order valence-corrected chi connectivity index (χ4v) is 6.15. The summed E-state index contributed by atoms with van der Waals surface area (Å²) in [5.74, 6) is -6.76. The summed E-state index contributed by atoms with van der Waals surface area (Å²) in [7, 11) is 1.52. The van der Waals surface area contributed by atoms with Crippen molar-refractivity contribution in [2.24, 2.45) is 34.5 Å². The highest BCUT2D eigenvalue weighted by molar-refractivity contribution is 5.95. The first kappa shape index (κ1) is 27.3. The molecule has 2 saturated carbocycles. The van der Waals surface area contributed by atoms with E-state index in [0.717, 1.165) is 0 Å². The number of likely N-dealkylation sites (N-methyl/N-ethyl adjacent to an activating group) is 1. The van der Waals surface area contributed by atoms with Crippen molar-refractivity contribution in [1.29, 1.82) is 5.26 Å². The molecule has 204 valence electrons. The van der Waals surface area contributed by atoms with Gasteiger partial charge in [0.15, 0.2) is 0 Å². The summed E-state index contributed by atoms with van der Waals surface area (Å²) in [6.07, 6.45) is 0.267. The van der Waals surface area contributed by atoms with Crippen molar-refractivity contribution in [1.82, 2.24) is 20.4 Å². The monoisotopic (exact) mass is 521 g/mol. The standard InChI is InChI=1S/C26H37F2N5O4/c1-24(2,3)19(31-21(35)15-10-26(15,27)28)23(37)33-12-16-17(25(16,4)5)18(33)22(36)32(6)14(11-29)9-13-7-8-30-20(13)34/h13-19H,7-10,12H2,1-6H3,(H,30,34)(H,31,35)/t13-,14-,15?,16-,17-,18-,19+/m0/s1. The first-order valence-electron chi connectivity index (χ1n) is 12.9. The van der Waals surface area contributed by atoms with Gasteiger partial charge >= 0.3 is 0 Å². The van der Waals surface area contributed by atoms with Crippen LogP contribution < -0.4 is 10.6 Å². The molecule has 37 heavy (non-hydrogen) atoms. The van der Waals surface area contributed by atoms with Crippen LogP contribution in [0.1, 0.15) is 53.9 Å². The lowest BCUT2D eigenvalue weighted by Gasteiger charge is -2.39. The molecule has 9 nitrogen and oxygen atoms in total. The van der Waals surface area contributed by atoms with E-state index >= 15 is 0 Å². The number of fused-ring (bicyclic) bond motifs is 1. The Bertz CT molecular complexity index is 1050. The van der Waals surface area contributed by atoms with Crippen molar-refractivity contribution in [2.45, 2.75) is 77.9 Å². The van der Waals surface area contributed by atoms with Crippen molar-refractivity contribution in [2.75, 3.05) is 20.1 Å². The Hall–Kier alpha value is -2.77. The van der Waals surface area contributed by atoms with Crippen molar-refractivity contribution in [3.63, 3.8) is 0 Å². The van der Waals surface area contributed by atoms with Gasteiger partial charge in [-0.15, -0.1) is 0 Å². The van der Waals surface area contributed by atoms with E-state index < -0.39 is 53.6 Å². The number of carbonyl (C=O) groups is 4. The number of likely N-dealkylation sites (tertiary alicyclic amines) is 1. The third-order valence-electron chi connectivity index (χ3n) is 8.92. The highest BCUT2D eigenvalue weighted by Crippen LogP contribution is 2.65. The largest absolute Gasteiger partial charge is 0.356 e. The highest BCUT2D eigenvalue weighted by Gasteiger charge is 2.70. The third-order valence-corrected chi connectivity index (χ3v) is 8.92. The molecule has 2 aliphatic heterocycles. The van der Waals surface area contributed by atoms with Gasteiger partial charge in [0, 0.05) is 32.5 Å². The number of nitriles is 1. The van der Waals surface area contributed by atoms with Crippen LogP contribution in [-0.4, -0.2) is 77.6 Å². The Morgan fingerprint density at radius 1 is 1.30 bits per heavy atom. The van der Waals surface area contributed by atoms with Crippen molar-refractivity contribution < 1.29 is 28.0 Å². The fourth-order valence-electron chi connectivity index (χ4n) is 6.15. The van der Waals surface area contributed by atoms with E-state index in [1.165, 1.54) is 16.8 Å². The molecular weight excluding hydrogens is 484 g/mol. The van der Waals surface area contributed by atoms with E-state index in [1.807, 2.05) is 13.8 Å². The lowest BCUT2D eigenvalue weighted by molar-refractivity contribution is -0.149. The molecule has 0 bridgehead atoms. The Morgan fingerprint density at radius 2 is 1.92 bits per heavy atom. The van der Waals surface area contributed by atoms with Gasteiger partial charge in [-0.1, -0.05) is 34.6 Å². The normalized spacial score (nSPS) is 32.5. The smallest absolute Gasteiger partial charge is 0.260 e. The lowest BCUT2D eigenvalue weighted by atomic mass is 9.85. The zero-order chi connectivity index (χ0) is 27.7. The minimum atomic E-state index is -3.06. The Kier molecular flexibility index (Phi) is 6.57. The van der Waals surface area contributed by atoms with Crippen LogP contribution >= 0.6 is 0 Å². The lowest BCUT2D eigenvalue weighted by Crippen LogP contribution is -2.60. The maximum Gasteiger partial charge on any atom is 0.260 e. The summed E-state index contributed by atoms with van der Waals surface area (Å²) in [4.78, 5) is 55.0. The van der Waals surface area contributed by atoms with Gasteiger partial charge in [-0.25, -0.2) is 8.78 Å². The first-order chi connectivity index (χ1) is 17.0. The Morgan fingerprint density at radius 3 is 2.41 bits per heavy atom. The molecule has 7 atom stereocenters. The molecule has 1 unspecified atom stereocenters. The van der Waals surface area contributed by atoms with Crippen LogP contribution in [0.5, 0.6) is 0 Å². The van der Waals surface area contributed by atoms with E-state index in [-0.39, 0.29) is 41.4 Å². The molecule has 0 radical (unpaired) electrons. The second kappa shape index (κ2) is 8.91. The zero-order valence-corrected chi connectivity index (χ0v) is 22.3. The van der Waals surface area contributed by atoms with Crippen LogP contribution in [0.2, 0.25) is 0 Å². The van der Waals surface area contributed by atoms with Gasteiger partial charge < -0.3 is 20.4 Å². The average Bonchev–Trinajstić information content (AvgIpc) is 3.37. The Balaban J connectivity index is 1.55. The summed E-state index contributed by atoms with van der Waals surface area (Å²) in [6.45, 7) is 10.1. The van der Waals surface area contributed by atoms with E-state index in [4.69, 9.17) is 0 Å². The van der Waals surface area contributed by atoms with Gasteiger partial charge in [0.05, 0.1) is 6.07 Å². The van der Waals surface area contributed by atoms with Crippen molar-refractivity contribution in [3.8, 4) is 6.07 Å². The number of piperidine rings is 1. The minimum Gasteiger partial charge on any atom is -0.356 e. The highest BCUT2D eigenvalue weighted by atomic mass is 19.3. The van der Waals surface area contributed by atoms with Gasteiger partial charge in [0.1, 0.15) is 24.0 Å². The average molecular weight is 522 g/mol. The molecule has 4 amide bonds. The molecule has 4 fully saturated rings. The molecule has 0 aromatic heterocycles. The number of rotatable bonds is 7. The molecule has 0 aromatic rings. The van der Waals surface area contributed by atoms with Gasteiger partial charge in [-0.3, -0.25) is 19.2 Å². The number of alkyl halides is 2. The molecular formula is C26H37F2N5O4. The molecule has 0 spiro atoms. The molecule has 2 saturated heterocycles. The van der Waals surface area contributed by atoms with Gasteiger partial charge in [0.25, 0.3) is 5.92 Å². The summed E-state index contributed by atoms with van der Waals surface area (Å²) >= 11 is 0. The molecule has 2 N–H and O–H groups in total. The maximum atomic E-state index is 13.8. The maximum absolute atomic E-state index is 13.8. The zero-order valence-electron chi connectivity index (χ0n) is 22.3. The van der Waals surface area contributed by atoms with Crippen molar-refractivity contribution >= 4 is 23.6 Å². The number of hydrogen-bond donors (Lipinski definition) is 2. The number of hydrogen-bond acceptors (Lipinski definition) is 5. The number of amides is 4. The molecule has 11 heteroatoms. The fraction of sp³-hybridized carbons (Fsp3) is 0.808. The predicted molar refractivity (Wildman–Crippen MR) is 129 cm³/mol. The van der Waals surface area contributed by atoms with Crippen LogP contribution in [0.25, 0.3) is 0 Å². The van der Waals surface area contributed by atoms with Crippen LogP contribution in [0.4, 0.5) is 8.78 Å². The third kappa shape index (κ3) is 4.79. The van der Waals surface area contributed by atoms with Crippen LogP contribution in [0, 0.1) is 45.8 Å². The molecule has 0 aromatic carbocycles. The van der Waals surface area contributed by atoms with E-state index in [1.54, 1.807) is 20.8 Å². The second-order valence-corrected chi connectivity index (χ2v) is 12.8. The second-order valence-electron chi connectivity index (χ2n) is 12.8. The molecule has 4 aliphatic rings. The minimum absolute atomic E-state index is 0.0732. The van der Waals surface area contributed by atoms with Crippen molar-refractivity contribution in [3.05, 3.63) is 0 Å². The van der Waals surface area contributed by atoms with Crippen LogP contribution in [-0.2, 0) is 19.2 Å². The van der Waals surface area contributed by atoms with Crippen LogP contribution in [0.15, 0.2) is 0 Å². The number of nitrogens with zero attached hydrogens (tertiary/aromatic N) is 3. The molecule has 4 rings (SSSR count). The topological polar surface area (TPSA) is 123 Å². The van der Waals surface area contributed by atoms with Gasteiger partial charge in [0.2, 0.25) is 23.6 Å². The Labute approximate surface area is 216 Å². The van der Waals surface area contributed by atoms with Gasteiger partial charge in [-0.05, 0) is 35.5 Å². The first-order valence-corrected chi connectivity index (χ1v) is 12.9. The summed E-state index contributed by atoms with van der Waals surface area (Å²) in [5, 5.41) is 15.1. The number of halogens is 2. The van der Waals surface area contributed by atoms with Gasteiger partial charge in [-0.2, -0.15) is 5.26 Å². The van der Waals surface area contributed by atoms with Crippen LogP contribution in [0.3, 0.4) is 0 Å². The number of carbonyl (C=O) groups excluding carboxylic acids is 4. The summed E-state index contributed by atoms with van der Waals surface area (Å²) in [5.41, 5.74) is -0.967. The van der Waals surface area contributed by atoms with E-state index in [2.05, 4.69) is 16.7 Å². The molecule has 2 aliphatic carbocycles. The predicted octanol–water partition coefficient (Wildman–Crippen LogP) is 1.53. The SMILES string of the molecule is CN(C(=O)[C@@H]1[C@@H]2[C@H](CN1C(=O)[C@@H](NC(=O)C1CC1(F)F)C(C)(C)C)C2(C)C)[C@H](C#N)C[C@@H]1CCNC1=O. The van der Waals surface area contributed by atoms with E-state index in [0.29, 0.717) is 19.5 Å². The molecule has 2 heterocycles. The van der Waals surface area contributed by atoms with E-state index in [9.17, 15) is 33.2 Å². The summed E-state index contributed by atoms with van der Waals surface area (Å²) < 4.78 is 27.0. The quantitative estimate of drug-likeness (QED) is 0.526.